The number of benzene rings is 4. The predicted molar refractivity (Wildman–Crippen MR) is 192 cm³/mol. The van der Waals surface area contributed by atoms with Crippen LogP contribution in [0.5, 0.6) is 0 Å². The minimum atomic E-state index is -0.0731. The number of ether oxygens (including phenoxy) is 1. The fourth-order valence-electron chi connectivity index (χ4n) is 8.41. The van der Waals surface area contributed by atoms with Crippen LogP contribution in [0.15, 0.2) is 72.8 Å². The molecule has 4 aliphatic rings. The molecule has 0 amide bonds. The van der Waals surface area contributed by atoms with Crippen molar-refractivity contribution in [1.29, 1.82) is 0 Å². The molecule has 2 fully saturated rings. The van der Waals surface area contributed by atoms with Gasteiger partial charge in [0.2, 0.25) is 0 Å². The van der Waals surface area contributed by atoms with Gasteiger partial charge in [0, 0.05) is 66.4 Å². The van der Waals surface area contributed by atoms with E-state index < -0.39 is 0 Å². The SMILES string of the molecule is CCOC(=O)C1CN([C@H]2CCc3cc(-c4cccc(-c5cccc(-c6ccc7c(c6)CC[C@H]7N6CC(C(C)=O)C6)c5Cl)c4Cl)ccc32)C1. The maximum absolute atomic E-state index is 12.1. The third-order valence-electron chi connectivity index (χ3n) is 11.2. The molecule has 0 bridgehead atoms. The average molecular weight is 680 g/mol. The van der Waals surface area contributed by atoms with Crippen molar-refractivity contribution >= 4 is 35.0 Å². The van der Waals surface area contributed by atoms with Crippen LogP contribution in [0.3, 0.4) is 0 Å². The van der Waals surface area contributed by atoms with Crippen LogP contribution < -0.4 is 0 Å². The summed E-state index contributed by atoms with van der Waals surface area (Å²) in [6, 6.07) is 26.6. The molecular formula is C41H40Cl2N2O3. The van der Waals surface area contributed by atoms with Crippen molar-refractivity contribution < 1.29 is 14.3 Å². The first-order valence-electron chi connectivity index (χ1n) is 17.3. The molecule has 246 valence electrons. The first-order chi connectivity index (χ1) is 23.3. The van der Waals surface area contributed by atoms with Crippen molar-refractivity contribution in [3.8, 4) is 33.4 Å². The van der Waals surface area contributed by atoms with Crippen LogP contribution in [-0.2, 0) is 27.2 Å². The minimum Gasteiger partial charge on any atom is -0.466 e. The normalized spacial score (nSPS) is 21.0. The van der Waals surface area contributed by atoms with Gasteiger partial charge >= 0.3 is 5.97 Å². The van der Waals surface area contributed by atoms with Crippen molar-refractivity contribution in [3.63, 3.8) is 0 Å². The van der Waals surface area contributed by atoms with E-state index in [4.69, 9.17) is 27.9 Å². The van der Waals surface area contributed by atoms with E-state index in [1.54, 1.807) is 6.92 Å². The third-order valence-corrected chi connectivity index (χ3v) is 12.0. The van der Waals surface area contributed by atoms with Crippen LogP contribution in [-0.4, -0.2) is 54.3 Å². The zero-order chi connectivity index (χ0) is 33.1. The summed E-state index contributed by atoms with van der Waals surface area (Å²) < 4.78 is 5.22. The highest BCUT2D eigenvalue weighted by molar-refractivity contribution is 6.39. The molecule has 0 unspecified atom stereocenters. The van der Waals surface area contributed by atoms with Gasteiger partial charge in [-0.05, 0) is 72.9 Å². The van der Waals surface area contributed by atoms with Crippen LogP contribution >= 0.6 is 23.2 Å². The Morgan fingerprint density at radius 1 is 0.688 bits per heavy atom. The second-order valence-electron chi connectivity index (χ2n) is 13.9. The Morgan fingerprint density at radius 3 is 1.60 bits per heavy atom. The van der Waals surface area contributed by atoms with E-state index in [9.17, 15) is 9.59 Å². The number of hydrogen-bond donors (Lipinski definition) is 0. The van der Waals surface area contributed by atoms with Gasteiger partial charge in [-0.25, -0.2) is 0 Å². The number of hydrogen-bond acceptors (Lipinski definition) is 5. The summed E-state index contributed by atoms with van der Waals surface area (Å²) in [7, 11) is 0. The number of fused-ring (bicyclic) bond motifs is 2. The molecule has 0 N–H and O–H groups in total. The van der Waals surface area contributed by atoms with E-state index in [-0.39, 0.29) is 17.8 Å². The van der Waals surface area contributed by atoms with Crippen LogP contribution in [0.2, 0.25) is 10.0 Å². The molecule has 2 saturated heterocycles. The summed E-state index contributed by atoms with van der Waals surface area (Å²) in [5.74, 6) is 0.416. The van der Waals surface area contributed by atoms with Crippen LogP contribution in [0.25, 0.3) is 33.4 Å². The Balaban J connectivity index is 1.03. The molecule has 0 saturated carbocycles. The summed E-state index contributed by atoms with van der Waals surface area (Å²) in [5, 5.41) is 1.40. The number of Topliss-reactive ketones (excluding diaryl/α,β-unsaturated/α-hetero) is 1. The Kier molecular flexibility index (Phi) is 8.45. The maximum Gasteiger partial charge on any atom is 0.311 e. The van der Waals surface area contributed by atoms with Gasteiger partial charge in [0.15, 0.2) is 0 Å². The van der Waals surface area contributed by atoms with Gasteiger partial charge in [0.1, 0.15) is 5.78 Å². The Labute approximate surface area is 292 Å². The van der Waals surface area contributed by atoms with E-state index in [1.165, 1.54) is 22.3 Å². The Bertz CT molecular complexity index is 1930. The number of rotatable bonds is 8. The molecule has 2 atom stereocenters. The third kappa shape index (κ3) is 5.49. The number of ketones is 1. The topological polar surface area (TPSA) is 49.9 Å². The quantitative estimate of drug-likeness (QED) is 0.174. The van der Waals surface area contributed by atoms with Crippen LogP contribution in [0, 0.1) is 11.8 Å². The van der Waals surface area contributed by atoms with E-state index in [1.807, 2.05) is 6.92 Å². The molecule has 4 aromatic rings. The van der Waals surface area contributed by atoms with Gasteiger partial charge in [-0.2, -0.15) is 0 Å². The summed E-state index contributed by atoms with van der Waals surface area (Å²) >= 11 is 14.4. The van der Waals surface area contributed by atoms with Crippen molar-refractivity contribution in [3.05, 3.63) is 105 Å². The first-order valence-corrected chi connectivity index (χ1v) is 18.0. The number of halogens is 2. The molecule has 7 heteroatoms. The number of nitrogens with zero attached hydrogens (tertiary/aromatic N) is 2. The fourth-order valence-corrected chi connectivity index (χ4v) is 9.08. The van der Waals surface area contributed by atoms with E-state index in [0.29, 0.717) is 34.5 Å². The molecule has 5 nitrogen and oxygen atoms in total. The summed E-state index contributed by atoms with van der Waals surface area (Å²) in [5.41, 5.74) is 11.5. The molecular weight excluding hydrogens is 639 g/mol. The van der Waals surface area contributed by atoms with Crippen LogP contribution in [0.4, 0.5) is 0 Å². The molecule has 0 spiro atoms. The first kappa shape index (κ1) is 31.8. The highest BCUT2D eigenvalue weighted by Gasteiger charge is 2.41. The number of aryl methyl sites for hydroxylation is 2. The van der Waals surface area contributed by atoms with Gasteiger partial charge in [-0.1, -0.05) is 96.0 Å². The largest absolute Gasteiger partial charge is 0.466 e. The zero-order valence-electron chi connectivity index (χ0n) is 27.5. The molecule has 2 aliphatic carbocycles. The van der Waals surface area contributed by atoms with Crippen molar-refractivity contribution in [1.82, 2.24) is 9.80 Å². The van der Waals surface area contributed by atoms with Gasteiger partial charge in [-0.15, -0.1) is 0 Å². The lowest BCUT2D eigenvalue weighted by Crippen LogP contribution is -2.51. The van der Waals surface area contributed by atoms with Gasteiger partial charge in [0.25, 0.3) is 0 Å². The Morgan fingerprint density at radius 2 is 1.15 bits per heavy atom. The number of likely N-dealkylation sites (tertiary alicyclic amines) is 2. The second kappa shape index (κ2) is 12.8. The number of carbonyl (C=O) groups excluding carboxylic acids is 2. The standard InChI is InChI=1S/C41H40Cl2N2O3/c1-3-48-41(47)30-22-45(23-30)38-17-13-26-19-28(11-15-32(26)38)34-7-5-9-36(40(34)43)35-8-4-6-33(39(35)42)27-10-14-31-25(18-27)12-16-37(31)44-20-29(21-44)24(2)46/h4-11,14-15,18-19,29-30,37-38H,3,12-13,16-17,20-23H2,1-2H3/t37-,38+/m1/s1. The van der Waals surface area contributed by atoms with Gasteiger partial charge < -0.3 is 4.74 Å². The highest BCUT2D eigenvalue weighted by atomic mass is 35.5. The molecule has 0 radical (unpaired) electrons. The number of esters is 1. The second-order valence-corrected chi connectivity index (χ2v) is 14.7. The van der Waals surface area contributed by atoms with Gasteiger partial charge in [0.05, 0.1) is 22.6 Å². The lowest BCUT2D eigenvalue weighted by molar-refractivity contribution is -0.155. The summed E-state index contributed by atoms with van der Waals surface area (Å²) in [4.78, 5) is 28.8. The maximum atomic E-state index is 12.1. The van der Waals surface area contributed by atoms with Gasteiger partial charge in [-0.3, -0.25) is 19.4 Å². The monoisotopic (exact) mass is 678 g/mol. The van der Waals surface area contributed by atoms with Crippen LogP contribution in [0.1, 0.15) is 61.0 Å². The average Bonchev–Trinajstić information content (AvgIpc) is 3.64. The van der Waals surface area contributed by atoms with E-state index >= 15 is 0 Å². The van der Waals surface area contributed by atoms with E-state index in [2.05, 4.69) is 82.6 Å². The lowest BCUT2D eigenvalue weighted by Gasteiger charge is -2.42. The Hall–Kier alpha value is -3.48. The molecule has 2 aliphatic heterocycles. The molecule has 4 aromatic carbocycles. The molecule has 8 rings (SSSR count). The number of carbonyl (C=O) groups is 2. The molecule has 2 heterocycles. The lowest BCUT2D eigenvalue weighted by atomic mass is 9.91. The predicted octanol–water partition coefficient (Wildman–Crippen LogP) is 8.98. The minimum absolute atomic E-state index is 0.00633. The molecule has 0 aromatic heterocycles. The smallest absolute Gasteiger partial charge is 0.311 e. The van der Waals surface area contributed by atoms with Crippen molar-refractivity contribution in [2.24, 2.45) is 11.8 Å². The highest BCUT2D eigenvalue weighted by Crippen LogP contribution is 2.46. The summed E-state index contributed by atoms with van der Waals surface area (Å²) in [6.45, 7) is 7.29. The van der Waals surface area contributed by atoms with Crippen molar-refractivity contribution in [2.45, 2.75) is 51.6 Å². The fraction of sp³-hybridized carbons (Fsp3) is 0.366. The molecule has 48 heavy (non-hydrogen) atoms. The zero-order valence-corrected chi connectivity index (χ0v) is 29.0. The van der Waals surface area contributed by atoms with Crippen molar-refractivity contribution in [2.75, 3.05) is 32.8 Å². The van der Waals surface area contributed by atoms with E-state index in [0.717, 1.165) is 85.2 Å². The summed E-state index contributed by atoms with van der Waals surface area (Å²) in [6.07, 6.45) is 4.20.